The van der Waals surface area contributed by atoms with Crippen molar-refractivity contribution in [2.45, 2.75) is 261 Å². The predicted octanol–water partition coefficient (Wildman–Crippen LogP) is 28.8. The maximum atomic E-state index is 17.7. The van der Waals surface area contributed by atoms with E-state index < -0.39 is 11.6 Å². The van der Waals surface area contributed by atoms with Crippen LogP contribution in [0.15, 0.2) is 83.6 Å². The average Bonchev–Trinajstić information content (AvgIpc) is 1.59. The van der Waals surface area contributed by atoms with Crippen LogP contribution in [-0.4, -0.2) is 35.2 Å². The van der Waals surface area contributed by atoms with Crippen LogP contribution >= 0.6 is 57.1 Å². The molecule has 0 spiro atoms. The van der Waals surface area contributed by atoms with Gasteiger partial charge in [0.2, 0.25) is 0 Å². The van der Waals surface area contributed by atoms with Crippen LogP contribution in [0.25, 0.3) is 73.7 Å². The summed E-state index contributed by atoms with van der Waals surface area (Å²) in [6.45, 7) is 20.7. The van der Waals surface area contributed by atoms with E-state index in [9.17, 15) is 0 Å². The van der Waals surface area contributed by atoms with Crippen molar-refractivity contribution in [2.75, 3.05) is 26.4 Å². The topological polar surface area (TPSA) is 62.7 Å². The Kier molecular flexibility index (Phi) is 33.9. The first kappa shape index (κ1) is 76.1. The highest BCUT2D eigenvalue weighted by atomic mass is 32.1. The normalized spacial score (nSPS) is 13.0. The molecular weight excluding hydrogens is 1280 g/mol. The van der Waals surface area contributed by atoms with Crippen LogP contribution in [0, 0.1) is 35.3 Å². The molecule has 0 bridgehead atoms. The predicted molar refractivity (Wildman–Crippen MR) is 411 cm³/mol. The first-order valence-electron chi connectivity index (χ1n) is 37.5. The van der Waals surface area contributed by atoms with Gasteiger partial charge in [0.05, 0.1) is 49.3 Å². The number of fused-ring (bicyclic) bond motifs is 1. The Morgan fingerprint density at radius 2 is 0.600 bits per heavy atom. The molecule has 0 saturated heterocycles. The summed E-state index contributed by atoms with van der Waals surface area (Å²) in [7, 11) is 0. The lowest BCUT2D eigenvalue weighted by Gasteiger charge is -2.22. The molecule has 0 saturated carbocycles. The van der Waals surface area contributed by atoms with E-state index in [4.69, 9.17) is 27.7 Å². The first-order valence-corrected chi connectivity index (χ1v) is 41.6. The number of rotatable bonds is 50. The molecule has 95 heavy (non-hydrogen) atoms. The summed E-state index contributed by atoms with van der Waals surface area (Å²) >= 11 is 7.29. The van der Waals surface area contributed by atoms with Crippen LogP contribution in [0.5, 0.6) is 23.0 Å². The van der Waals surface area contributed by atoms with Crippen LogP contribution in [0.3, 0.4) is 0 Å². The van der Waals surface area contributed by atoms with Gasteiger partial charge in [0.15, 0.2) is 11.6 Å². The molecule has 0 amide bonds. The first-order chi connectivity index (χ1) is 46.7. The number of aromatic nitrogens is 2. The highest BCUT2D eigenvalue weighted by molar-refractivity contribution is 7.19. The lowest BCUT2D eigenvalue weighted by molar-refractivity contribution is 0.221. The van der Waals surface area contributed by atoms with Crippen molar-refractivity contribution in [1.29, 1.82) is 0 Å². The van der Waals surface area contributed by atoms with E-state index in [0.29, 0.717) is 70.9 Å². The Morgan fingerprint density at radius 1 is 0.326 bits per heavy atom. The molecule has 5 heterocycles. The minimum atomic E-state index is -0.930. The second-order valence-electron chi connectivity index (χ2n) is 27.0. The Labute approximate surface area is 592 Å². The molecule has 0 aliphatic heterocycles. The average molecular weight is 1390 g/mol. The lowest BCUT2D eigenvalue weighted by Crippen LogP contribution is -2.14. The second-order valence-corrected chi connectivity index (χ2v) is 31.6. The summed E-state index contributed by atoms with van der Waals surface area (Å²) in [5.74, 6) is 3.09. The van der Waals surface area contributed by atoms with Crippen LogP contribution in [0.4, 0.5) is 8.78 Å². The molecule has 4 unspecified atom stereocenters. The molecule has 0 N–H and O–H groups in total. The standard InChI is InChI=1S/C82H114F2N2O4S5/c1-9-17-25-29-39-59(35-21-13-5)55-87-67-53-65(69(51-63(67)71-43-33-49-91-71)89-57-61(37-23-15-7)41-31-27-19-11-3)73-45-47-75(93-73)77-79(83)80(84)78(82-81(77)85-95-86-82)76-48-46-74(94-76)66-54-68(88-56-60(36-22-14-6)40-30-26-18-10-2)64(72-44-34-50-92-72)52-70(66)90-58-62(38-24-16-8)42-32-28-20-12-4/h33-34,43-54,59-62H,9-32,35-42,55-58H2,1-8H3. The summed E-state index contributed by atoms with van der Waals surface area (Å²) in [5, 5.41) is 4.25. The van der Waals surface area contributed by atoms with Crippen LogP contribution in [0.1, 0.15) is 261 Å². The zero-order chi connectivity index (χ0) is 67.0. The molecule has 520 valence electrons. The summed E-state index contributed by atoms with van der Waals surface area (Å²) < 4.78 is 73.4. The number of hydrogen-bond acceptors (Lipinski definition) is 11. The third-order valence-corrected chi connectivity index (χ3v) is 23.8. The molecule has 0 radical (unpaired) electrons. The van der Waals surface area contributed by atoms with Crippen LogP contribution in [-0.2, 0) is 0 Å². The van der Waals surface area contributed by atoms with E-state index in [0.717, 1.165) is 166 Å². The molecule has 0 aliphatic carbocycles. The van der Waals surface area contributed by atoms with Crippen molar-refractivity contribution < 1.29 is 27.7 Å². The highest BCUT2D eigenvalue weighted by Crippen LogP contribution is 2.51. The zero-order valence-corrected chi connectivity index (χ0v) is 63.3. The molecule has 8 aromatic rings. The van der Waals surface area contributed by atoms with Gasteiger partial charge in [0, 0.05) is 51.5 Å². The SMILES string of the molecule is CCCCCCC(CCCC)COc1cc(-c2ccc(-c3c(F)c(F)c(-c4ccc(-c5cc(OCC(CCCC)CCCCCC)c(-c6cccs6)cc5OCC(CCCC)CCCCCC)s4)c4nsnc34)s2)c(OCC(CCCC)CCCCCC)cc1-c1cccs1. The van der Waals surface area contributed by atoms with Gasteiger partial charge in [-0.1, -0.05) is 222 Å². The van der Waals surface area contributed by atoms with Crippen LogP contribution in [0.2, 0.25) is 0 Å². The smallest absolute Gasteiger partial charge is 0.170 e. The maximum Gasteiger partial charge on any atom is 0.170 e. The number of hydrogen-bond donors (Lipinski definition) is 0. The number of halogens is 2. The molecule has 6 nitrogen and oxygen atoms in total. The van der Waals surface area contributed by atoms with Crippen molar-refractivity contribution in [2.24, 2.45) is 23.7 Å². The van der Waals surface area contributed by atoms with Gasteiger partial charge in [-0.15, -0.1) is 45.3 Å². The fourth-order valence-corrected chi connectivity index (χ4v) is 17.5. The summed E-state index contributed by atoms with van der Waals surface area (Å²) in [4.78, 5) is 5.18. The molecule has 5 aromatic heterocycles. The number of nitrogens with zero attached hydrogens (tertiary/aromatic N) is 2. The summed E-state index contributed by atoms with van der Waals surface area (Å²) in [5.41, 5.74) is 4.79. The van der Waals surface area contributed by atoms with Gasteiger partial charge < -0.3 is 18.9 Å². The minimum absolute atomic E-state index is 0.127. The second kappa shape index (κ2) is 42.3. The van der Waals surface area contributed by atoms with Crippen molar-refractivity contribution in [3.05, 3.63) is 95.2 Å². The zero-order valence-electron chi connectivity index (χ0n) is 59.2. The van der Waals surface area contributed by atoms with Gasteiger partial charge in [0.25, 0.3) is 0 Å². The Bertz CT molecular complexity index is 3180. The van der Waals surface area contributed by atoms with E-state index in [1.165, 1.54) is 138 Å². The van der Waals surface area contributed by atoms with Crippen LogP contribution < -0.4 is 18.9 Å². The van der Waals surface area contributed by atoms with Crippen molar-refractivity contribution in [3.63, 3.8) is 0 Å². The summed E-state index contributed by atoms with van der Waals surface area (Å²) in [6, 6.07) is 25.2. The number of unbranched alkanes of at least 4 members (excludes halogenated alkanes) is 16. The molecule has 3 aromatic carbocycles. The number of ether oxygens (including phenoxy) is 4. The van der Waals surface area contributed by atoms with E-state index in [2.05, 4.69) is 115 Å². The monoisotopic (exact) mass is 1390 g/mol. The number of thiophene rings is 4. The minimum Gasteiger partial charge on any atom is -0.493 e. The van der Waals surface area contributed by atoms with Gasteiger partial charge in [-0.3, -0.25) is 0 Å². The van der Waals surface area contributed by atoms with Gasteiger partial charge in [-0.2, -0.15) is 8.75 Å². The maximum absolute atomic E-state index is 17.7. The van der Waals surface area contributed by atoms with Crippen molar-refractivity contribution in [3.8, 4) is 85.6 Å². The largest absolute Gasteiger partial charge is 0.493 e. The summed E-state index contributed by atoms with van der Waals surface area (Å²) in [6.07, 6.45) is 38.0. The fraction of sp³-hybridized carbons (Fsp3) is 0.585. The molecule has 13 heteroatoms. The number of benzene rings is 3. The lowest BCUT2D eigenvalue weighted by atomic mass is 9.95. The molecule has 0 aliphatic rings. The third kappa shape index (κ3) is 22.7. The Hall–Kier alpha value is -4.66. The van der Waals surface area contributed by atoms with E-state index in [1.807, 2.05) is 24.3 Å². The van der Waals surface area contributed by atoms with Gasteiger partial charge in [-0.25, -0.2) is 8.78 Å². The van der Waals surface area contributed by atoms with Gasteiger partial charge in [0.1, 0.15) is 34.0 Å². The Balaban J connectivity index is 1.18. The van der Waals surface area contributed by atoms with E-state index >= 15 is 8.78 Å². The fourth-order valence-electron chi connectivity index (χ4n) is 13.3. The third-order valence-electron chi connectivity index (χ3n) is 19.2. The van der Waals surface area contributed by atoms with Crippen molar-refractivity contribution >= 4 is 68.1 Å². The molecular formula is C82H114F2N2O4S5. The van der Waals surface area contributed by atoms with Gasteiger partial charge >= 0.3 is 0 Å². The van der Waals surface area contributed by atoms with Crippen molar-refractivity contribution in [1.82, 2.24) is 8.75 Å². The quantitative estimate of drug-likeness (QED) is 0.0354. The highest BCUT2D eigenvalue weighted by Gasteiger charge is 2.29. The van der Waals surface area contributed by atoms with Gasteiger partial charge in [-0.05, 0) is 146 Å². The molecule has 0 fully saturated rings. The molecule has 4 atom stereocenters. The molecule has 8 rings (SSSR count). The van der Waals surface area contributed by atoms with E-state index in [-0.39, 0.29) is 11.1 Å². The van der Waals surface area contributed by atoms with E-state index in [1.54, 1.807) is 22.7 Å². The Morgan fingerprint density at radius 3 is 0.874 bits per heavy atom.